The van der Waals surface area contributed by atoms with Gasteiger partial charge in [-0.3, -0.25) is 10.3 Å². The maximum atomic E-state index is 13.1. The summed E-state index contributed by atoms with van der Waals surface area (Å²) in [4.78, 5) is 16.4. The quantitative estimate of drug-likeness (QED) is 0.773. The van der Waals surface area contributed by atoms with E-state index in [1.54, 1.807) is 27.0 Å². The van der Waals surface area contributed by atoms with E-state index >= 15 is 0 Å². The van der Waals surface area contributed by atoms with Gasteiger partial charge >= 0.3 is 6.09 Å². The van der Waals surface area contributed by atoms with Crippen LogP contribution >= 0.6 is 0 Å². The Morgan fingerprint density at radius 1 is 1.28 bits per heavy atom. The van der Waals surface area contributed by atoms with Crippen LogP contribution in [0.4, 0.5) is 15.0 Å². The maximum Gasteiger partial charge on any atom is 0.413 e. The van der Waals surface area contributed by atoms with Crippen molar-refractivity contribution in [2.75, 3.05) is 5.32 Å². The van der Waals surface area contributed by atoms with Gasteiger partial charge < -0.3 is 4.74 Å². The molecule has 0 radical (unpaired) electrons. The second-order valence-corrected chi connectivity index (χ2v) is 6.54. The summed E-state index contributed by atoms with van der Waals surface area (Å²) in [5.74, 6) is 0.332. The number of nitrogens with one attached hydrogen (secondary N) is 1. The van der Waals surface area contributed by atoms with Gasteiger partial charge in [-0.1, -0.05) is 6.07 Å². The van der Waals surface area contributed by atoms with Crippen LogP contribution in [0.5, 0.6) is 0 Å². The number of hydrogen-bond donors (Lipinski definition) is 1. The number of alkyl halides is 1. The average Bonchev–Trinajstić information content (AvgIpc) is 2.95. The molecule has 6 nitrogen and oxygen atoms in total. The van der Waals surface area contributed by atoms with Crippen LogP contribution in [0.1, 0.15) is 26.5 Å². The van der Waals surface area contributed by atoms with Crippen LogP contribution in [0, 0.1) is 0 Å². The van der Waals surface area contributed by atoms with Crippen LogP contribution in [0.25, 0.3) is 16.6 Å². The SMILES string of the molecule is CC(C)(C)OC(=O)Nc1cc(CF)nn1-c1cccc2ncccc12. The Labute approximate surface area is 144 Å². The fourth-order valence-electron chi connectivity index (χ4n) is 2.45. The van der Waals surface area contributed by atoms with Crippen molar-refractivity contribution in [3.63, 3.8) is 0 Å². The zero-order chi connectivity index (χ0) is 18.0. The molecule has 130 valence electrons. The maximum absolute atomic E-state index is 13.1. The number of rotatable bonds is 3. The summed E-state index contributed by atoms with van der Waals surface area (Å²) in [5, 5.41) is 7.72. The Balaban J connectivity index is 2.04. The Bertz CT molecular complexity index is 910. The van der Waals surface area contributed by atoms with Crippen LogP contribution < -0.4 is 5.32 Å². The third-order valence-electron chi connectivity index (χ3n) is 3.38. The molecule has 0 saturated carbocycles. The van der Waals surface area contributed by atoms with Gasteiger partial charge in [-0.05, 0) is 45.0 Å². The molecule has 3 rings (SSSR count). The van der Waals surface area contributed by atoms with Crippen LogP contribution in [0.2, 0.25) is 0 Å². The molecule has 7 heteroatoms. The first-order valence-corrected chi connectivity index (χ1v) is 7.86. The fourth-order valence-corrected chi connectivity index (χ4v) is 2.45. The van der Waals surface area contributed by atoms with Gasteiger partial charge in [-0.25, -0.2) is 13.9 Å². The minimum Gasteiger partial charge on any atom is -0.444 e. The lowest BCUT2D eigenvalue weighted by molar-refractivity contribution is 0.0635. The van der Waals surface area contributed by atoms with Crippen molar-refractivity contribution >= 4 is 22.8 Å². The molecule has 1 N–H and O–H groups in total. The zero-order valence-corrected chi connectivity index (χ0v) is 14.3. The minimum absolute atomic E-state index is 0.215. The number of ether oxygens (including phenoxy) is 1. The highest BCUT2D eigenvalue weighted by molar-refractivity contribution is 5.89. The smallest absolute Gasteiger partial charge is 0.413 e. The normalized spacial score (nSPS) is 11.5. The molecule has 0 aliphatic heterocycles. The molecule has 2 heterocycles. The first kappa shape index (κ1) is 16.9. The summed E-state index contributed by atoms with van der Waals surface area (Å²) in [7, 11) is 0. The van der Waals surface area contributed by atoms with E-state index in [9.17, 15) is 9.18 Å². The van der Waals surface area contributed by atoms with Crippen molar-refractivity contribution in [3.8, 4) is 5.69 Å². The van der Waals surface area contributed by atoms with Crippen molar-refractivity contribution < 1.29 is 13.9 Å². The van der Waals surface area contributed by atoms with E-state index in [2.05, 4.69) is 15.4 Å². The van der Waals surface area contributed by atoms with E-state index in [-0.39, 0.29) is 5.69 Å². The lowest BCUT2D eigenvalue weighted by Crippen LogP contribution is -2.27. The first-order chi connectivity index (χ1) is 11.9. The van der Waals surface area contributed by atoms with E-state index in [0.29, 0.717) is 11.5 Å². The van der Waals surface area contributed by atoms with Gasteiger partial charge in [-0.2, -0.15) is 5.10 Å². The predicted molar refractivity (Wildman–Crippen MR) is 93.5 cm³/mol. The topological polar surface area (TPSA) is 69.0 Å². The lowest BCUT2D eigenvalue weighted by Gasteiger charge is -2.20. The molecule has 0 bridgehead atoms. The molecule has 0 atom stereocenters. The van der Waals surface area contributed by atoms with Gasteiger partial charge in [-0.15, -0.1) is 0 Å². The predicted octanol–water partition coefficient (Wildman–Crippen LogP) is 4.24. The van der Waals surface area contributed by atoms with Crippen molar-refractivity contribution in [3.05, 3.63) is 48.3 Å². The summed E-state index contributed by atoms with van der Waals surface area (Å²) in [5.41, 5.74) is 1.05. The molecule has 2 aromatic heterocycles. The lowest BCUT2D eigenvalue weighted by atomic mass is 10.2. The van der Waals surface area contributed by atoms with E-state index in [4.69, 9.17) is 4.74 Å². The van der Waals surface area contributed by atoms with Gasteiger partial charge in [0.15, 0.2) is 0 Å². The number of halogens is 1. The van der Waals surface area contributed by atoms with Gasteiger partial charge in [0.25, 0.3) is 0 Å². The molecule has 3 aromatic rings. The monoisotopic (exact) mass is 342 g/mol. The molecular weight excluding hydrogens is 323 g/mol. The van der Waals surface area contributed by atoms with E-state index < -0.39 is 18.4 Å². The standard InChI is InChI=1S/C18H19FN4O2/c1-18(2,3)25-17(24)21-16-10-12(11-19)22-23(16)15-8-4-7-14-13(15)6-5-9-20-14/h4-10H,11H2,1-3H3,(H,21,24). The Hall–Kier alpha value is -2.96. The van der Waals surface area contributed by atoms with E-state index in [0.717, 1.165) is 10.9 Å². The fraction of sp³-hybridized carbons (Fsp3) is 0.278. The van der Waals surface area contributed by atoms with Gasteiger partial charge in [0.1, 0.15) is 18.1 Å². The highest BCUT2D eigenvalue weighted by atomic mass is 19.1. The molecule has 1 amide bonds. The van der Waals surface area contributed by atoms with E-state index in [1.165, 1.54) is 10.7 Å². The number of anilines is 1. The first-order valence-electron chi connectivity index (χ1n) is 7.86. The largest absolute Gasteiger partial charge is 0.444 e. The second kappa shape index (κ2) is 6.51. The third-order valence-corrected chi connectivity index (χ3v) is 3.38. The summed E-state index contributed by atoms with van der Waals surface area (Å²) in [6.07, 6.45) is 1.07. The summed E-state index contributed by atoms with van der Waals surface area (Å²) >= 11 is 0. The Morgan fingerprint density at radius 3 is 2.80 bits per heavy atom. The van der Waals surface area contributed by atoms with Crippen LogP contribution in [0.3, 0.4) is 0 Å². The number of amides is 1. The Morgan fingerprint density at radius 2 is 2.08 bits per heavy atom. The van der Waals surface area contributed by atoms with Crippen molar-refractivity contribution in [1.82, 2.24) is 14.8 Å². The number of benzene rings is 1. The molecule has 25 heavy (non-hydrogen) atoms. The number of carbonyl (C=O) groups excluding carboxylic acids is 1. The van der Waals surface area contributed by atoms with Crippen LogP contribution in [0.15, 0.2) is 42.6 Å². The molecule has 0 unspecified atom stereocenters. The molecule has 0 aliphatic carbocycles. The number of aromatic nitrogens is 3. The third kappa shape index (κ3) is 3.76. The molecule has 0 saturated heterocycles. The second-order valence-electron chi connectivity index (χ2n) is 6.54. The van der Waals surface area contributed by atoms with Gasteiger partial charge in [0.2, 0.25) is 0 Å². The van der Waals surface area contributed by atoms with Crippen LogP contribution in [-0.4, -0.2) is 26.5 Å². The number of nitrogens with zero attached hydrogens (tertiary/aromatic N) is 3. The van der Waals surface area contributed by atoms with Crippen molar-refractivity contribution in [2.24, 2.45) is 0 Å². The van der Waals surface area contributed by atoms with Gasteiger partial charge in [0.05, 0.1) is 16.9 Å². The molecule has 0 fully saturated rings. The summed E-state index contributed by atoms with van der Waals surface area (Å²) in [6.45, 7) is 4.58. The number of hydrogen-bond acceptors (Lipinski definition) is 4. The number of fused-ring (bicyclic) bond motifs is 1. The Kier molecular flexibility index (Phi) is 4.39. The number of pyridine rings is 1. The average molecular weight is 342 g/mol. The highest BCUT2D eigenvalue weighted by Crippen LogP contribution is 2.25. The molecule has 1 aromatic carbocycles. The summed E-state index contributed by atoms with van der Waals surface area (Å²) < 4.78 is 19.9. The zero-order valence-electron chi connectivity index (χ0n) is 14.3. The molecular formula is C18H19FN4O2. The van der Waals surface area contributed by atoms with Crippen LogP contribution in [-0.2, 0) is 11.4 Å². The van der Waals surface area contributed by atoms with Crippen molar-refractivity contribution in [2.45, 2.75) is 33.0 Å². The number of carbonyl (C=O) groups is 1. The van der Waals surface area contributed by atoms with E-state index in [1.807, 2.05) is 30.3 Å². The minimum atomic E-state index is -0.737. The molecule has 0 spiro atoms. The van der Waals surface area contributed by atoms with Crippen molar-refractivity contribution in [1.29, 1.82) is 0 Å². The molecule has 0 aliphatic rings. The van der Waals surface area contributed by atoms with Gasteiger partial charge in [0, 0.05) is 17.6 Å². The summed E-state index contributed by atoms with van der Waals surface area (Å²) in [6, 6.07) is 10.7. The highest BCUT2D eigenvalue weighted by Gasteiger charge is 2.19.